The maximum Gasteiger partial charge on any atom is 0.120 e. The van der Waals surface area contributed by atoms with Crippen LogP contribution in [-0.4, -0.2) is 31.6 Å². The Balaban J connectivity index is 2.14. The average molecular weight is 300 g/mol. The fourth-order valence-electron chi connectivity index (χ4n) is 1.62. The number of ether oxygens (including phenoxy) is 1. The number of likely N-dealkylation sites (N-methyl/N-ethyl adjacent to an activating group) is 1. The Hall–Kier alpha value is -0.540. The number of halogens is 1. The van der Waals surface area contributed by atoms with Gasteiger partial charge >= 0.3 is 0 Å². The molecule has 0 amide bonds. The van der Waals surface area contributed by atoms with Gasteiger partial charge in [0.15, 0.2) is 0 Å². The lowest BCUT2D eigenvalue weighted by Crippen LogP contribution is -2.25. The first-order valence-corrected chi connectivity index (χ1v) is 7.08. The molecule has 1 rings (SSSR count). The molecule has 3 heteroatoms. The van der Waals surface area contributed by atoms with E-state index in [-0.39, 0.29) is 0 Å². The number of unbranched alkanes of at least 4 members (excludes halogenated alkanes) is 2. The first-order valence-electron chi connectivity index (χ1n) is 6.29. The summed E-state index contributed by atoms with van der Waals surface area (Å²) in [5.74, 6) is 0.932. The second-order valence-electron chi connectivity index (χ2n) is 4.32. The third-order valence-electron chi connectivity index (χ3n) is 2.68. The molecule has 0 unspecified atom stereocenters. The number of rotatable bonds is 8. The van der Waals surface area contributed by atoms with E-state index in [1.807, 2.05) is 24.3 Å². The van der Waals surface area contributed by atoms with Crippen LogP contribution in [0.5, 0.6) is 5.75 Å². The molecule has 0 aliphatic rings. The van der Waals surface area contributed by atoms with Gasteiger partial charge in [0.05, 0.1) is 0 Å². The second kappa shape index (κ2) is 8.54. The molecule has 96 valence electrons. The molecular weight excluding hydrogens is 278 g/mol. The molecule has 0 aromatic heterocycles. The minimum absolute atomic E-state index is 0.749. The van der Waals surface area contributed by atoms with Gasteiger partial charge in [0.25, 0.3) is 0 Å². The Bertz CT molecular complexity index is 317. The van der Waals surface area contributed by atoms with Crippen molar-refractivity contribution in [3.8, 4) is 5.75 Å². The molecule has 1 aromatic carbocycles. The number of benzene rings is 1. The highest BCUT2D eigenvalue weighted by atomic mass is 79.9. The van der Waals surface area contributed by atoms with Crippen molar-refractivity contribution in [1.29, 1.82) is 0 Å². The van der Waals surface area contributed by atoms with Crippen LogP contribution in [0.25, 0.3) is 0 Å². The van der Waals surface area contributed by atoms with Crippen molar-refractivity contribution in [3.05, 3.63) is 28.7 Å². The van der Waals surface area contributed by atoms with Gasteiger partial charge in [0.2, 0.25) is 0 Å². The van der Waals surface area contributed by atoms with Crippen LogP contribution in [-0.2, 0) is 0 Å². The van der Waals surface area contributed by atoms with E-state index in [2.05, 4.69) is 34.8 Å². The molecule has 0 aliphatic carbocycles. The molecule has 0 saturated heterocycles. The molecule has 0 fully saturated rings. The van der Waals surface area contributed by atoms with Crippen molar-refractivity contribution in [2.75, 3.05) is 26.7 Å². The summed E-state index contributed by atoms with van der Waals surface area (Å²) < 4.78 is 6.75. The highest BCUT2D eigenvalue weighted by Crippen LogP contribution is 2.17. The van der Waals surface area contributed by atoms with E-state index < -0.39 is 0 Å². The van der Waals surface area contributed by atoms with Gasteiger partial charge in [0.1, 0.15) is 12.4 Å². The fraction of sp³-hybridized carbons (Fsp3) is 0.571. The molecule has 1 aromatic rings. The van der Waals surface area contributed by atoms with E-state index >= 15 is 0 Å². The van der Waals surface area contributed by atoms with Crippen molar-refractivity contribution in [2.24, 2.45) is 0 Å². The van der Waals surface area contributed by atoms with Gasteiger partial charge in [-0.25, -0.2) is 0 Å². The Morgan fingerprint density at radius 3 is 2.76 bits per heavy atom. The molecule has 17 heavy (non-hydrogen) atoms. The fourth-order valence-corrected chi connectivity index (χ4v) is 2.00. The molecule has 0 bridgehead atoms. The monoisotopic (exact) mass is 299 g/mol. The Kier molecular flexibility index (Phi) is 7.29. The van der Waals surface area contributed by atoms with Gasteiger partial charge in [-0.05, 0) is 38.2 Å². The van der Waals surface area contributed by atoms with Crippen molar-refractivity contribution in [3.63, 3.8) is 0 Å². The number of nitrogens with zero attached hydrogens (tertiary/aromatic N) is 1. The largest absolute Gasteiger partial charge is 0.492 e. The summed E-state index contributed by atoms with van der Waals surface area (Å²) in [6.45, 7) is 5.13. The Morgan fingerprint density at radius 1 is 1.24 bits per heavy atom. The summed E-state index contributed by atoms with van der Waals surface area (Å²) >= 11 is 3.43. The Morgan fingerprint density at radius 2 is 2.06 bits per heavy atom. The van der Waals surface area contributed by atoms with E-state index in [0.717, 1.165) is 29.9 Å². The number of hydrogen-bond donors (Lipinski definition) is 0. The van der Waals surface area contributed by atoms with Gasteiger partial charge in [-0.3, -0.25) is 0 Å². The summed E-state index contributed by atoms with van der Waals surface area (Å²) in [4.78, 5) is 2.33. The van der Waals surface area contributed by atoms with Crippen LogP contribution in [0.2, 0.25) is 0 Å². The van der Waals surface area contributed by atoms with Crippen molar-refractivity contribution >= 4 is 15.9 Å². The van der Waals surface area contributed by atoms with Crippen LogP contribution in [0, 0.1) is 0 Å². The van der Waals surface area contributed by atoms with Crippen LogP contribution in [0.1, 0.15) is 26.2 Å². The van der Waals surface area contributed by atoms with Crippen molar-refractivity contribution in [2.45, 2.75) is 26.2 Å². The predicted molar refractivity (Wildman–Crippen MR) is 76.7 cm³/mol. The summed E-state index contributed by atoms with van der Waals surface area (Å²) in [6.07, 6.45) is 3.88. The van der Waals surface area contributed by atoms with Gasteiger partial charge in [-0.15, -0.1) is 0 Å². The summed E-state index contributed by atoms with van der Waals surface area (Å²) in [6, 6.07) is 7.98. The smallest absolute Gasteiger partial charge is 0.120 e. The summed E-state index contributed by atoms with van der Waals surface area (Å²) in [5, 5.41) is 0. The molecule has 2 nitrogen and oxygen atoms in total. The van der Waals surface area contributed by atoms with Crippen molar-refractivity contribution < 1.29 is 4.74 Å². The van der Waals surface area contributed by atoms with Crippen LogP contribution in [0.15, 0.2) is 28.7 Å². The third-order valence-corrected chi connectivity index (χ3v) is 3.17. The first-order chi connectivity index (χ1) is 8.22. The second-order valence-corrected chi connectivity index (χ2v) is 5.23. The lowest BCUT2D eigenvalue weighted by molar-refractivity contribution is 0.234. The summed E-state index contributed by atoms with van der Waals surface area (Å²) in [5.41, 5.74) is 0. The zero-order valence-electron chi connectivity index (χ0n) is 10.8. The normalized spacial score (nSPS) is 10.8. The van der Waals surface area contributed by atoms with Crippen LogP contribution in [0.3, 0.4) is 0 Å². The van der Waals surface area contributed by atoms with Gasteiger partial charge in [0, 0.05) is 11.0 Å². The molecule has 0 atom stereocenters. The predicted octanol–water partition coefficient (Wildman–Crippen LogP) is 3.95. The number of hydrogen-bond acceptors (Lipinski definition) is 2. The lowest BCUT2D eigenvalue weighted by Gasteiger charge is -2.16. The molecule has 0 saturated carbocycles. The molecule has 0 N–H and O–H groups in total. The molecule has 0 heterocycles. The highest BCUT2D eigenvalue weighted by molar-refractivity contribution is 9.10. The van der Waals surface area contributed by atoms with E-state index in [4.69, 9.17) is 4.74 Å². The lowest BCUT2D eigenvalue weighted by atomic mass is 10.2. The zero-order chi connectivity index (χ0) is 12.5. The SMILES string of the molecule is CCCCCN(C)CCOc1cccc(Br)c1. The van der Waals surface area contributed by atoms with Crippen LogP contribution < -0.4 is 4.74 Å². The maximum absolute atomic E-state index is 5.69. The van der Waals surface area contributed by atoms with E-state index in [1.54, 1.807) is 0 Å². The molecule has 0 spiro atoms. The van der Waals surface area contributed by atoms with Crippen LogP contribution >= 0.6 is 15.9 Å². The maximum atomic E-state index is 5.69. The minimum Gasteiger partial charge on any atom is -0.492 e. The van der Waals surface area contributed by atoms with Gasteiger partial charge in [-0.2, -0.15) is 0 Å². The van der Waals surface area contributed by atoms with E-state index in [0.29, 0.717) is 0 Å². The molecule has 0 aliphatic heterocycles. The van der Waals surface area contributed by atoms with Crippen molar-refractivity contribution in [1.82, 2.24) is 4.90 Å². The summed E-state index contributed by atoms with van der Waals surface area (Å²) in [7, 11) is 2.15. The zero-order valence-corrected chi connectivity index (χ0v) is 12.4. The van der Waals surface area contributed by atoms with E-state index in [9.17, 15) is 0 Å². The average Bonchev–Trinajstić information content (AvgIpc) is 2.29. The molecular formula is C14H22BrNO. The minimum atomic E-state index is 0.749. The van der Waals surface area contributed by atoms with Crippen LogP contribution in [0.4, 0.5) is 0 Å². The molecule has 0 radical (unpaired) electrons. The standard InChI is InChI=1S/C14H22BrNO/c1-3-4-5-9-16(2)10-11-17-14-8-6-7-13(15)12-14/h6-8,12H,3-5,9-11H2,1-2H3. The quantitative estimate of drug-likeness (QED) is 0.674. The van der Waals surface area contributed by atoms with Gasteiger partial charge < -0.3 is 9.64 Å². The van der Waals surface area contributed by atoms with Gasteiger partial charge in [-0.1, -0.05) is 41.8 Å². The highest BCUT2D eigenvalue weighted by Gasteiger charge is 1.99. The van der Waals surface area contributed by atoms with E-state index in [1.165, 1.54) is 19.3 Å². The topological polar surface area (TPSA) is 12.5 Å². The Labute approximate surface area is 113 Å². The third kappa shape index (κ3) is 6.69. The first kappa shape index (κ1) is 14.5.